The van der Waals surface area contributed by atoms with E-state index >= 15 is 0 Å². The Morgan fingerprint density at radius 1 is 1.45 bits per heavy atom. The Morgan fingerprint density at radius 2 is 2.20 bits per heavy atom. The molecule has 1 aromatic carbocycles. The fourth-order valence-corrected chi connectivity index (χ4v) is 2.81. The quantitative estimate of drug-likeness (QED) is 0.732. The van der Waals surface area contributed by atoms with Crippen LogP contribution in [0.15, 0.2) is 18.2 Å². The zero-order valence-corrected chi connectivity index (χ0v) is 12.5. The van der Waals surface area contributed by atoms with Gasteiger partial charge in [-0.2, -0.15) is 5.10 Å². The van der Waals surface area contributed by atoms with Gasteiger partial charge in [-0.05, 0) is 30.8 Å². The van der Waals surface area contributed by atoms with Crippen LogP contribution in [0.1, 0.15) is 12.6 Å². The van der Waals surface area contributed by atoms with Crippen LogP contribution in [0.25, 0.3) is 16.9 Å². The zero-order chi connectivity index (χ0) is 14.4. The standard InChI is InChI=1S/C13H12ClFN4S/c1-3-8-11-12(18(2)17-8)19(13(20)16-11)9-6-4-5-7(14)10(9)15/h4-6H,3H2,1-2H3,(H,16,20). The van der Waals surface area contributed by atoms with E-state index in [2.05, 4.69) is 10.1 Å². The second-order valence-corrected chi connectivity index (χ2v) is 5.25. The lowest BCUT2D eigenvalue weighted by Gasteiger charge is -2.07. The summed E-state index contributed by atoms with van der Waals surface area (Å²) in [6.45, 7) is 2.01. The van der Waals surface area contributed by atoms with Gasteiger partial charge in [0.25, 0.3) is 0 Å². The van der Waals surface area contributed by atoms with E-state index < -0.39 is 5.82 Å². The van der Waals surface area contributed by atoms with Crippen LogP contribution in [0, 0.1) is 10.6 Å². The molecule has 0 aliphatic rings. The Labute approximate surface area is 124 Å². The first-order valence-corrected chi connectivity index (χ1v) is 6.94. The Morgan fingerprint density at radius 3 is 2.90 bits per heavy atom. The van der Waals surface area contributed by atoms with E-state index in [9.17, 15) is 4.39 Å². The molecule has 2 heterocycles. The molecule has 104 valence electrons. The van der Waals surface area contributed by atoms with Crippen LogP contribution in [0.4, 0.5) is 4.39 Å². The zero-order valence-electron chi connectivity index (χ0n) is 10.9. The van der Waals surface area contributed by atoms with Gasteiger partial charge in [-0.1, -0.05) is 24.6 Å². The number of hydrogen-bond donors (Lipinski definition) is 1. The SMILES string of the molecule is CCc1nn(C)c2c1[nH]c(=S)n2-c1cccc(Cl)c1F. The summed E-state index contributed by atoms with van der Waals surface area (Å²) in [7, 11) is 1.81. The van der Waals surface area contributed by atoms with Crippen LogP contribution in [0.2, 0.25) is 5.02 Å². The molecule has 0 aliphatic carbocycles. The van der Waals surface area contributed by atoms with Gasteiger partial charge < -0.3 is 4.98 Å². The first-order chi connectivity index (χ1) is 9.54. The van der Waals surface area contributed by atoms with Crippen LogP contribution in [-0.4, -0.2) is 19.3 Å². The van der Waals surface area contributed by atoms with Crippen molar-refractivity contribution in [2.45, 2.75) is 13.3 Å². The summed E-state index contributed by atoms with van der Waals surface area (Å²) in [5, 5.41) is 4.48. The van der Waals surface area contributed by atoms with Gasteiger partial charge in [-0.3, -0.25) is 4.57 Å². The average Bonchev–Trinajstić information content (AvgIpc) is 2.90. The topological polar surface area (TPSA) is 38.5 Å². The molecule has 0 amide bonds. The summed E-state index contributed by atoms with van der Waals surface area (Å²) in [6.07, 6.45) is 0.769. The largest absolute Gasteiger partial charge is 0.327 e. The monoisotopic (exact) mass is 310 g/mol. The Kier molecular flexibility index (Phi) is 3.14. The summed E-state index contributed by atoms with van der Waals surface area (Å²) < 4.78 is 18.0. The summed E-state index contributed by atoms with van der Waals surface area (Å²) in [4.78, 5) is 3.10. The van der Waals surface area contributed by atoms with Gasteiger partial charge in [-0.15, -0.1) is 0 Å². The number of aromatic amines is 1. The molecule has 0 bridgehead atoms. The van der Waals surface area contributed by atoms with E-state index in [4.69, 9.17) is 23.8 Å². The lowest BCUT2D eigenvalue weighted by molar-refractivity contribution is 0.617. The van der Waals surface area contributed by atoms with Crippen molar-refractivity contribution in [2.75, 3.05) is 0 Å². The molecule has 0 spiro atoms. The van der Waals surface area contributed by atoms with E-state index in [1.54, 1.807) is 21.4 Å². The van der Waals surface area contributed by atoms with Crippen molar-refractivity contribution in [3.05, 3.63) is 39.5 Å². The summed E-state index contributed by atoms with van der Waals surface area (Å²) in [5.41, 5.74) is 2.78. The van der Waals surface area contributed by atoms with Crippen molar-refractivity contribution < 1.29 is 4.39 Å². The van der Waals surface area contributed by atoms with Crippen LogP contribution in [0.3, 0.4) is 0 Å². The van der Waals surface area contributed by atoms with E-state index in [-0.39, 0.29) is 5.02 Å². The average molecular weight is 311 g/mol. The van der Waals surface area contributed by atoms with E-state index in [1.165, 1.54) is 6.07 Å². The Balaban J connectivity index is 2.42. The van der Waals surface area contributed by atoms with Crippen LogP contribution >= 0.6 is 23.8 Å². The number of rotatable bonds is 2. The third-order valence-electron chi connectivity index (χ3n) is 3.24. The number of fused-ring (bicyclic) bond motifs is 1. The van der Waals surface area contributed by atoms with E-state index in [1.807, 2.05) is 14.0 Å². The molecule has 20 heavy (non-hydrogen) atoms. The minimum absolute atomic E-state index is 0.0663. The highest BCUT2D eigenvalue weighted by molar-refractivity contribution is 7.71. The molecular weight excluding hydrogens is 299 g/mol. The molecule has 0 saturated carbocycles. The highest BCUT2D eigenvalue weighted by atomic mass is 35.5. The highest BCUT2D eigenvalue weighted by Gasteiger charge is 2.18. The van der Waals surface area contributed by atoms with Crippen molar-refractivity contribution in [2.24, 2.45) is 7.05 Å². The predicted molar refractivity (Wildman–Crippen MR) is 79.6 cm³/mol. The van der Waals surface area contributed by atoms with Crippen LogP contribution < -0.4 is 0 Å². The van der Waals surface area contributed by atoms with Gasteiger partial charge >= 0.3 is 0 Å². The summed E-state index contributed by atoms with van der Waals surface area (Å²) >= 11 is 11.2. The molecule has 3 rings (SSSR count). The number of hydrogen-bond acceptors (Lipinski definition) is 2. The van der Waals surface area contributed by atoms with Gasteiger partial charge in [-0.25, -0.2) is 9.07 Å². The van der Waals surface area contributed by atoms with Crippen molar-refractivity contribution in [3.63, 3.8) is 0 Å². The molecule has 0 saturated heterocycles. The molecule has 0 atom stereocenters. The van der Waals surface area contributed by atoms with Gasteiger partial charge in [0.2, 0.25) is 0 Å². The third-order valence-corrected chi connectivity index (χ3v) is 3.82. The van der Waals surface area contributed by atoms with Gasteiger partial charge in [0.1, 0.15) is 5.52 Å². The molecule has 0 aliphatic heterocycles. The number of nitrogens with one attached hydrogen (secondary N) is 1. The third kappa shape index (κ3) is 1.79. The van der Waals surface area contributed by atoms with Crippen molar-refractivity contribution >= 4 is 35.0 Å². The maximum atomic E-state index is 14.3. The second kappa shape index (κ2) is 4.71. The van der Waals surface area contributed by atoms with E-state index in [0.717, 1.165) is 23.3 Å². The first kappa shape index (κ1) is 13.3. The molecule has 7 heteroatoms. The lowest BCUT2D eigenvalue weighted by Crippen LogP contribution is -2.03. The number of H-pyrrole nitrogens is 1. The molecule has 0 fully saturated rings. The lowest BCUT2D eigenvalue weighted by atomic mass is 10.3. The van der Waals surface area contributed by atoms with Crippen molar-refractivity contribution in [1.82, 2.24) is 19.3 Å². The molecule has 0 radical (unpaired) electrons. The summed E-state index contributed by atoms with van der Waals surface area (Å²) in [6, 6.07) is 4.84. The molecule has 4 nitrogen and oxygen atoms in total. The molecule has 1 N–H and O–H groups in total. The fraction of sp³-hybridized carbons (Fsp3) is 0.231. The first-order valence-electron chi connectivity index (χ1n) is 6.15. The molecule has 3 aromatic rings. The molecule has 2 aromatic heterocycles. The highest BCUT2D eigenvalue weighted by Crippen LogP contribution is 2.26. The number of nitrogens with zero attached hydrogens (tertiary/aromatic N) is 3. The predicted octanol–water partition coefficient (Wildman–Crippen LogP) is 3.78. The maximum Gasteiger partial charge on any atom is 0.184 e. The minimum atomic E-state index is -0.495. The van der Waals surface area contributed by atoms with Gasteiger partial charge in [0.05, 0.1) is 16.4 Å². The van der Waals surface area contributed by atoms with Gasteiger partial charge in [0.15, 0.2) is 16.2 Å². The number of aromatic nitrogens is 4. The fourth-order valence-electron chi connectivity index (χ4n) is 2.35. The Bertz CT molecular complexity index is 861. The van der Waals surface area contributed by atoms with Crippen molar-refractivity contribution in [1.29, 1.82) is 0 Å². The van der Waals surface area contributed by atoms with Gasteiger partial charge in [0, 0.05) is 7.05 Å². The Hall–Kier alpha value is -1.66. The van der Waals surface area contributed by atoms with Crippen LogP contribution in [0.5, 0.6) is 0 Å². The second-order valence-electron chi connectivity index (χ2n) is 4.46. The normalized spacial score (nSPS) is 11.4. The molecule has 0 unspecified atom stereocenters. The minimum Gasteiger partial charge on any atom is -0.327 e. The smallest absolute Gasteiger partial charge is 0.184 e. The van der Waals surface area contributed by atoms with Crippen LogP contribution in [-0.2, 0) is 13.5 Å². The number of aryl methyl sites for hydroxylation is 2. The number of imidazole rings is 1. The molecular formula is C13H12ClFN4S. The van der Waals surface area contributed by atoms with Crippen molar-refractivity contribution in [3.8, 4) is 5.69 Å². The van der Waals surface area contributed by atoms with E-state index in [0.29, 0.717) is 10.5 Å². The number of benzene rings is 1. The maximum absolute atomic E-state index is 14.3. The summed E-state index contributed by atoms with van der Waals surface area (Å²) in [5.74, 6) is -0.495. The number of halogens is 2.